The average molecular weight is 319 g/mol. The van der Waals surface area contributed by atoms with Crippen molar-refractivity contribution in [2.45, 2.75) is 59.1 Å². The molecule has 0 radical (unpaired) electrons. The van der Waals surface area contributed by atoms with E-state index >= 15 is 0 Å². The molecule has 1 aliphatic carbocycles. The van der Waals surface area contributed by atoms with E-state index in [0.29, 0.717) is 12.0 Å². The molecule has 1 aliphatic heterocycles. The number of rotatable bonds is 7. The molecular weight excluding hydrogens is 288 g/mol. The molecule has 3 unspecified atom stereocenters. The van der Waals surface area contributed by atoms with Gasteiger partial charge >= 0.3 is 0 Å². The van der Waals surface area contributed by atoms with Gasteiger partial charge in [-0.15, -0.1) is 12.4 Å². The normalized spacial score (nSPS) is 28.8. The molecule has 2 fully saturated rings. The van der Waals surface area contributed by atoms with Gasteiger partial charge in [-0.3, -0.25) is 4.79 Å². The van der Waals surface area contributed by atoms with Gasteiger partial charge in [0.05, 0.1) is 6.10 Å². The second-order valence-corrected chi connectivity index (χ2v) is 6.39. The van der Waals surface area contributed by atoms with Crippen molar-refractivity contribution in [3.05, 3.63) is 0 Å². The lowest BCUT2D eigenvalue weighted by Gasteiger charge is -2.55. The maximum Gasteiger partial charge on any atom is 0.223 e. The minimum atomic E-state index is 0. The van der Waals surface area contributed by atoms with Gasteiger partial charge in [0.1, 0.15) is 0 Å². The number of hydrogen-bond donors (Lipinski definition) is 2. The molecule has 0 aromatic rings. The van der Waals surface area contributed by atoms with Gasteiger partial charge in [0.15, 0.2) is 0 Å². The molecule has 1 saturated carbocycles. The Kier molecular flexibility index (Phi) is 6.95. The Hall–Kier alpha value is -0.320. The van der Waals surface area contributed by atoms with E-state index < -0.39 is 0 Å². The number of hydrogen-bond acceptors (Lipinski definition) is 3. The van der Waals surface area contributed by atoms with E-state index in [1.807, 2.05) is 6.92 Å². The summed E-state index contributed by atoms with van der Waals surface area (Å²) in [5.41, 5.74) is 0.142. The van der Waals surface area contributed by atoms with Crippen LogP contribution in [0, 0.1) is 17.3 Å². The highest BCUT2D eigenvalue weighted by Gasteiger charge is 2.54. The Balaban J connectivity index is 0.00000220. The topological polar surface area (TPSA) is 50.4 Å². The van der Waals surface area contributed by atoms with Crippen LogP contribution in [0.4, 0.5) is 0 Å². The van der Waals surface area contributed by atoms with Gasteiger partial charge in [-0.05, 0) is 45.2 Å². The lowest BCUT2D eigenvalue weighted by atomic mass is 9.58. The molecule has 0 aromatic carbocycles. The average Bonchev–Trinajstić information content (AvgIpc) is 2.36. The van der Waals surface area contributed by atoms with Crippen molar-refractivity contribution in [3.63, 3.8) is 0 Å². The highest BCUT2D eigenvalue weighted by atomic mass is 35.5. The van der Waals surface area contributed by atoms with Crippen LogP contribution in [0.2, 0.25) is 0 Å². The van der Waals surface area contributed by atoms with Crippen LogP contribution in [0.1, 0.15) is 47.0 Å². The summed E-state index contributed by atoms with van der Waals surface area (Å²) in [6.07, 6.45) is 3.42. The Morgan fingerprint density at radius 2 is 1.95 bits per heavy atom. The van der Waals surface area contributed by atoms with Crippen LogP contribution in [-0.4, -0.2) is 37.7 Å². The van der Waals surface area contributed by atoms with Crippen LogP contribution >= 0.6 is 12.4 Å². The molecule has 2 aliphatic rings. The predicted molar refractivity (Wildman–Crippen MR) is 87.7 cm³/mol. The zero-order valence-corrected chi connectivity index (χ0v) is 14.6. The van der Waals surface area contributed by atoms with Crippen molar-refractivity contribution in [2.24, 2.45) is 17.3 Å². The Morgan fingerprint density at radius 3 is 2.38 bits per heavy atom. The Bertz CT molecular complexity index is 343. The van der Waals surface area contributed by atoms with Crippen molar-refractivity contribution >= 4 is 18.3 Å². The first-order valence-electron chi connectivity index (χ1n) is 8.21. The zero-order chi connectivity index (χ0) is 14.8. The molecule has 2 rings (SSSR count). The van der Waals surface area contributed by atoms with E-state index in [-0.39, 0.29) is 35.7 Å². The van der Waals surface area contributed by atoms with Crippen molar-refractivity contribution in [1.29, 1.82) is 0 Å². The van der Waals surface area contributed by atoms with Crippen LogP contribution in [0.3, 0.4) is 0 Å². The van der Waals surface area contributed by atoms with E-state index in [2.05, 4.69) is 31.4 Å². The molecular formula is C16H31ClN2O2. The van der Waals surface area contributed by atoms with Crippen LogP contribution in [0.5, 0.6) is 0 Å². The first kappa shape index (κ1) is 18.7. The quantitative estimate of drug-likeness (QED) is 0.757. The van der Waals surface area contributed by atoms with Crippen LogP contribution < -0.4 is 10.6 Å². The van der Waals surface area contributed by atoms with Crippen molar-refractivity contribution < 1.29 is 9.53 Å². The molecule has 5 heteroatoms. The molecule has 1 saturated heterocycles. The Morgan fingerprint density at radius 1 is 1.33 bits per heavy atom. The van der Waals surface area contributed by atoms with E-state index in [1.54, 1.807) is 0 Å². The fraction of sp³-hybridized carbons (Fsp3) is 0.938. The van der Waals surface area contributed by atoms with Crippen molar-refractivity contribution in [3.8, 4) is 0 Å². The molecule has 0 bridgehead atoms. The fourth-order valence-corrected chi connectivity index (χ4v) is 3.77. The lowest BCUT2D eigenvalue weighted by Crippen LogP contribution is -2.65. The van der Waals surface area contributed by atoms with E-state index in [0.717, 1.165) is 39.0 Å². The van der Waals surface area contributed by atoms with Crippen LogP contribution in [-0.2, 0) is 9.53 Å². The fourth-order valence-electron chi connectivity index (χ4n) is 3.77. The van der Waals surface area contributed by atoms with E-state index in [9.17, 15) is 4.79 Å². The van der Waals surface area contributed by atoms with Gasteiger partial charge in [-0.2, -0.15) is 0 Å². The summed E-state index contributed by atoms with van der Waals surface area (Å²) in [6, 6.07) is 0.289. The predicted octanol–water partition coefficient (Wildman–Crippen LogP) is 2.36. The zero-order valence-electron chi connectivity index (χ0n) is 13.8. The van der Waals surface area contributed by atoms with Gasteiger partial charge in [0.2, 0.25) is 5.91 Å². The second kappa shape index (κ2) is 7.80. The molecule has 21 heavy (non-hydrogen) atoms. The molecule has 1 heterocycles. The summed E-state index contributed by atoms with van der Waals surface area (Å²) in [5.74, 6) is 0.854. The standard InChI is InChI=1S/C16H30N2O2.ClH/c1-5-16(6-2)13(8-14(16)20-7-3)18-15(19)11(4)12-9-17-10-12;/h11-14,17H,5-10H2,1-4H3,(H,18,19);1H. The second-order valence-electron chi connectivity index (χ2n) is 6.39. The molecule has 0 aromatic heterocycles. The maximum atomic E-state index is 12.4. The van der Waals surface area contributed by atoms with Crippen molar-refractivity contribution in [2.75, 3.05) is 19.7 Å². The van der Waals surface area contributed by atoms with Crippen LogP contribution in [0.25, 0.3) is 0 Å². The first-order valence-corrected chi connectivity index (χ1v) is 8.21. The minimum Gasteiger partial charge on any atom is -0.378 e. The molecule has 2 N–H and O–H groups in total. The molecule has 0 spiro atoms. The minimum absolute atomic E-state index is 0. The van der Waals surface area contributed by atoms with Crippen molar-refractivity contribution in [1.82, 2.24) is 10.6 Å². The van der Waals surface area contributed by atoms with Crippen LogP contribution in [0.15, 0.2) is 0 Å². The third kappa shape index (κ3) is 3.38. The summed E-state index contributed by atoms with van der Waals surface area (Å²) < 4.78 is 5.87. The van der Waals surface area contributed by atoms with E-state index in [1.165, 1.54) is 0 Å². The Labute approximate surface area is 135 Å². The number of halogens is 1. The van der Waals surface area contributed by atoms with Gasteiger partial charge in [0.25, 0.3) is 0 Å². The number of ether oxygens (including phenoxy) is 1. The largest absolute Gasteiger partial charge is 0.378 e. The highest BCUT2D eigenvalue weighted by molar-refractivity contribution is 5.85. The molecule has 4 nitrogen and oxygen atoms in total. The number of nitrogens with one attached hydrogen (secondary N) is 2. The highest BCUT2D eigenvalue weighted by Crippen LogP contribution is 2.49. The maximum absolute atomic E-state index is 12.4. The molecule has 124 valence electrons. The summed E-state index contributed by atoms with van der Waals surface area (Å²) >= 11 is 0. The number of amides is 1. The summed E-state index contributed by atoms with van der Waals surface area (Å²) in [4.78, 5) is 12.4. The summed E-state index contributed by atoms with van der Waals surface area (Å²) in [7, 11) is 0. The first-order chi connectivity index (χ1) is 9.58. The summed E-state index contributed by atoms with van der Waals surface area (Å²) in [6.45, 7) is 11.3. The van der Waals surface area contributed by atoms with Gasteiger partial charge in [-0.25, -0.2) is 0 Å². The lowest BCUT2D eigenvalue weighted by molar-refractivity contribution is -0.151. The third-order valence-corrected chi connectivity index (χ3v) is 5.72. The monoisotopic (exact) mass is 318 g/mol. The molecule has 3 atom stereocenters. The van der Waals surface area contributed by atoms with E-state index in [4.69, 9.17) is 4.74 Å². The number of carbonyl (C=O) groups excluding carboxylic acids is 1. The SMILES string of the molecule is CCOC1CC(NC(=O)C(C)C2CNC2)C1(CC)CC.Cl. The molecule has 1 amide bonds. The van der Waals surface area contributed by atoms with Gasteiger partial charge in [-0.1, -0.05) is 20.8 Å². The number of carbonyl (C=O) groups is 1. The van der Waals surface area contributed by atoms with Gasteiger partial charge < -0.3 is 15.4 Å². The third-order valence-electron chi connectivity index (χ3n) is 5.72. The summed E-state index contributed by atoms with van der Waals surface area (Å²) in [5, 5.41) is 6.54. The smallest absolute Gasteiger partial charge is 0.223 e. The van der Waals surface area contributed by atoms with Gasteiger partial charge in [0, 0.05) is 24.0 Å².